The molecule has 1 saturated carbocycles. The molecule has 7 N–H and O–H groups in total. The summed E-state index contributed by atoms with van der Waals surface area (Å²) in [5.74, 6) is -0.261. The molecule has 2 aliphatic rings. The van der Waals surface area contributed by atoms with E-state index in [9.17, 15) is 24.3 Å². The molecule has 1 aliphatic heterocycles. The number of nitrogens with one attached hydrogen (secondary N) is 2. The summed E-state index contributed by atoms with van der Waals surface area (Å²) in [6, 6.07) is 1.18. The van der Waals surface area contributed by atoms with Crippen molar-refractivity contribution in [1.82, 2.24) is 15.6 Å². The molecular weight excluding hydrogens is 669 g/mol. The summed E-state index contributed by atoms with van der Waals surface area (Å²) in [6.45, 7) is 7.43. The Morgan fingerprint density at radius 3 is 2.20 bits per heavy atom. The van der Waals surface area contributed by atoms with Gasteiger partial charge < -0.3 is 21.9 Å². The van der Waals surface area contributed by atoms with Gasteiger partial charge in [-0.3, -0.25) is 29.5 Å². The van der Waals surface area contributed by atoms with Crippen LogP contribution in [0.2, 0.25) is 0 Å². The number of thioether (sulfide) groups is 2. The number of hydrogen-bond acceptors (Lipinski definition) is 10. The molecule has 0 spiro atoms. The molecule has 3 amide bonds. The molecule has 1 aromatic heterocycles. The number of carbonyl (C=O) groups excluding carboxylic acids is 4. The number of aliphatic hydroxyl groups excluding tert-OH is 1. The third kappa shape index (κ3) is 11.3. The van der Waals surface area contributed by atoms with Gasteiger partial charge in [-0.1, -0.05) is 66.2 Å². The van der Waals surface area contributed by atoms with Gasteiger partial charge in [0, 0.05) is 29.7 Å². The van der Waals surface area contributed by atoms with Gasteiger partial charge >= 0.3 is 0 Å². The highest BCUT2D eigenvalue weighted by molar-refractivity contribution is 8.20. The summed E-state index contributed by atoms with van der Waals surface area (Å²) in [6.07, 6.45) is 8.57. The van der Waals surface area contributed by atoms with E-state index in [-0.39, 0.29) is 58.9 Å². The molecule has 1 unspecified atom stereocenters. The van der Waals surface area contributed by atoms with Crippen molar-refractivity contribution in [3.05, 3.63) is 29.6 Å². The summed E-state index contributed by atoms with van der Waals surface area (Å²) >= 11 is 3.26. The summed E-state index contributed by atoms with van der Waals surface area (Å²) in [5, 5.41) is 16.6. The Bertz CT molecular complexity index is 1140. The summed E-state index contributed by atoms with van der Waals surface area (Å²) in [7, 11) is 0. The van der Waals surface area contributed by atoms with E-state index < -0.39 is 47.2 Å². The van der Waals surface area contributed by atoms with E-state index in [0.717, 1.165) is 30.8 Å². The molecule has 46 heavy (non-hydrogen) atoms. The maximum Gasteiger partial charge on any atom is 0.276 e. The molecule has 0 bridgehead atoms. The highest BCUT2D eigenvalue weighted by atomic mass is 35.5. The first-order chi connectivity index (χ1) is 20.9. The molecule has 14 heteroatoms. The monoisotopic (exact) mass is 721 g/mol. The average Bonchev–Trinajstić information content (AvgIpc) is 3.57. The van der Waals surface area contributed by atoms with Crippen molar-refractivity contribution in [2.45, 2.75) is 114 Å². The molecule has 0 aromatic carbocycles. The number of nitrogens with zero attached hydrogens (tertiary/aromatic N) is 1. The predicted octanol–water partition coefficient (Wildman–Crippen LogP) is 4.49. The quantitative estimate of drug-likeness (QED) is 0.162. The Morgan fingerprint density at radius 1 is 1.02 bits per heavy atom. The highest BCUT2D eigenvalue weighted by Crippen LogP contribution is 2.35. The fraction of sp³-hybridized carbons (Fsp3) is 0.719. The number of Topliss-reactive ketones (excluding diaryl/α,β-unsaturated/α-hetero) is 1. The van der Waals surface area contributed by atoms with Crippen molar-refractivity contribution < 1.29 is 24.3 Å². The lowest BCUT2D eigenvalue weighted by atomic mass is 9.74. The first-order valence-corrected chi connectivity index (χ1v) is 18.1. The Balaban J connectivity index is 0.00000529. The van der Waals surface area contributed by atoms with Crippen molar-refractivity contribution in [1.29, 1.82) is 0 Å². The van der Waals surface area contributed by atoms with Crippen LogP contribution in [0.25, 0.3) is 0 Å². The summed E-state index contributed by atoms with van der Waals surface area (Å²) < 4.78 is -0.109. The minimum absolute atomic E-state index is 0. The highest BCUT2D eigenvalue weighted by Gasteiger charge is 2.46. The van der Waals surface area contributed by atoms with Gasteiger partial charge in [0.15, 0.2) is 5.78 Å². The fourth-order valence-electron chi connectivity index (χ4n) is 5.92. The molecule has 262 valence electrons. The van der Waals surface area contributed by atoms with Gasteiger partial charge in [0.2, 0.25) is 11.8 Å². The number of rotatable bonds is 15. The lowest BCUT2D eigenvalue weighted by Gasteiger charge is -2.40. The van der Waals surface area contributed by atoms with E-state index in [1.54, 1.807) is 23.5 Å². The van der Waals surface area contributed by atoms with E-state index in [2.05, 4.69) is 15.6 Å². The van der Waals surface area contributed by atoms with Crippen LogP contribution >= 0.6 is 48.3 Å². The average molecular weight is 723 g/mol. The number of ketones is 1. The van der Waals surface area contributed by atoms with Crippen molar-refractivity contribution in [2.75, 3.05) is 11.5 Å². The molecular formula is C32H53Cl2N5O5S2. The lowest BCUT2D eigenvalue weighted by molar-refractivity contribution is -0.124. The predicted molar refractivity (Wildman–Crippen MR) is 192 cm³/mol. The third-order valence-corrected chi connectivity index (χ3v) is 12.4. The molecule has 1 aliphatic carbocycles. The summed E-state index contributed by atoms with van der Waals surface area (Å²) in [5.41, 5.74) is 11.0. The van der Waals surface area contributed by atoms with Crippen molar-refractivity contribution in [3.63, 3.8) is 0 Å². The number of hydrogen-bond donors (Lipinski definition) is 5. The topological polar surface area (TPSA) is 178 Å². The number of carbonyl (C=O) groups is 4. The number of imide groups is 1. The zero-order valence-corrected chi connectivity index (χ0v) is 30.6. The minimum atomic E-state index is -1.45. The van der Waals surface area contributed by atoms with Crippen molar-refractivity contribution >= 4 is 71.8 Å². The Labute approximate surface area is 294 Å². The second kappa shape index (κ2) is 20.2. The first-order valence-electron chi connectivity index (χ1n) is 16.0. The van der Waals surface area contributed by atoms with Gasteiger partial charge in [-0.2, -0.15) is 0 Å². The van der Waals surface area contributed by atoms with Gasteiger partial charge in [-0.15, -0.1) is 48.3 Å². The van der Waals surface area contributed by atoms with E-state index >= 15 is 0 Å². The van der Waals surface area contributed by atoms with Crippen LogP contribution in [0.1, 0.15) is 106 Å². The normalized spacial score (nSPS) is 19.5. The zero-order chi connectivity index (χ0) is 32.4. The SMILES string of the molecule is CC[C@H](C)[C@H](N)C(=O)NC(=O)c1ccc(C(=O)[C@@](CC(O)CCC2CCCCC2)(NC(=O)[C@@H](N)C2SCCS2)C(C)C)cn1.Cl.Cl. The number of pyridine rings is 1. The van der Waals surface area contributed by atoms with E-state index in [0.29, 0.717) is 18.8 Å². The van der Waals surface area contributed by atoms with Gasteiger partial charge in [0.05, 0.1) is 16.7 Å². The number of amides is 3. The Kier molecular flexibility index (Phi) is 18.7. The van der Waals surface area contributed by atoms with Crippen LogP contribution in [0.5, 0.6) is 0 Å². The van der Waals surface area contributed by atoms with Crippen LogP contribution in [0.4, 0.5) is 0 Å². The van der Waals surface area contributed by atoms with Crippen LogP contribution in [0.15, 0.2) is 18.3 Å². The van der Waals surface area contributed by atoms with Gasteiger partial charge in [-0.05, 0) is 42.7 Å². The van der Waals surface area contributed by atoms with Gasteiger partial charge in [-0.25, -0.2) is 0 Å². The smallest absolute Gasteiger partial charge is 0.276 e. The van der Waals surface area contributed by atoms with Gasteiger partial charge in [0.25, 0.3) is 5.91 Å². The number of aromatic nitrogens is 1. The molecule has 10 nitrogen and oxygen atoms in total. The standard InChI is InChI=1S/C32H51N5O5S2.2ClH/c1-5-20(4)25(33)29(41)36-28(40)24-14-12-22(18-35-24)27(39)32(19(2)3,37-30(42)26(34)31-43-15-16-44-31)17-23(38)13-11-21-9-7-6-8-10-21;;/h12,14,18-21,23,25-26,31,38H,5-11,13,15-17,33-34H2,1-4H3,(H,37,42)(H,36,40,41);2*1H/t20-,23?,25-,26+,32-;;/m0../s1. The number of nitrogens with two attached hydrogens (primary N) is 2. The molecule has 2 fully saturated rings. The largest absolute Gasteiger partial charge is 0.393 e. The van der Waals surface area contributed by atoms with Gasteiger partial charge in [0.1, 0.15) is 17.3 Å². The van der Waals surface area contributed by atoms with E-state index in [1.165, 1.54) is 37.6 Å². The lowest BCUT2D eigenvalue weighted by Crippen LogP contribution is -2.63. The van der Waals surface area contributed by atoms with E-state index in [4.69, 9.17) is 11.5 Å². The van der Waals surface area contributed by atoms with Crippen molar-refractivity contribution in [2.24, 2.45) is 29.2 Å². The Hall–Kier alpha value is -1.41. The molecule has 1 saturated heterocycles. The second-order valence-electron chi connectivity index (χ2n) is 12.7. The molecule has 3 rings (SSSR count). The second-order valence-corrected chi connectivity index (χ2v) is 15.5. The van der Waals surface area contributed by atoms with Crippen LogP contribution in [0, 0.1) is 17.8 Å². The minimum Gasteiger partial charge on any atom is -0.393 e. The zero-order valence-electron chi connectivity index (χ0n) is 27.4. The number of halogens is 2. The number of aliphatic hydroxyl groups is 1. The van der Waals surface area contributed by atoms with Crippen molar-refractivity contribution in [3.8, 4) is 0 Å². The fourth-order valence-corrected chi connectivity index (χ4v) is 8.78. The molecule has 1 aromatic rings. The van der Waals surface area contributed by atoms with Crippen LogP contribution in [-0.2, 0) is 9.59 Å². The molecule has 0 radical (unpaired) electrons. The Morgan fingerprint density at radius 2 is 1.65 bits per heavy atom. The first kappa shape index (κ1) is 42.6. The summed E-state index contributed by atoms with van der Waals surface area (Å²) in [4.78, 5) is 57.1. The van der Waals surface area contributed by atoms with Crippen LogP contribution in [0.3, 0.4) is 0 Å². The maximum atomic E-state index is 14.3. The van der Waals surface area contributed by atoms with Crippen LogP contribution < -0.4 is 22.1 Å². The van der Waals surface area contributed by atoms with E-state index in [1.807, 2.05) is 27.7 Å². The maximum absolute atomic E-state index is 14.3. The third-order valence-electron chi connectivity index (χ3n) is 9.23. The molecule has 2 heterocycles. The van der Waals surface area contributed by atoms with Crippen LogP contribution in [-0.4, -0.2) is 73.4 Å². The molecule has 5 atom stereocenters.